The van der Waals surface area contributed by atoms with Gasteiger partial charge in [-0.2, -0.15) is 5.10 Å². The summed E-state index contributed by atoms with van der Waals surface area (Å²) in [6, 6.07) is 1.86. The van der Waals surface area contributed by atoms with Crippen LogP contribution in [0.15, 0.2) is 10.5 Å². The molecule has 0 saturated heterocycles. The molecular formula is C14H19N5O2. The van der Waals surface area contributed by atoms with E-state index in [1.54, 1.807) is 17.8 Å². The van der Waals surface area contributed by atoms with Crippen molar-refractivity contribution in [2.24, 2.45) is 7.05 Å². The molecule has 7 heteroatoms. The van der Waals surface area contributed by atoms with Crippen LogP contribution < -0.4 is 5.32 Å². The Kier molecular flexibility index (Phi) is 3.72. The molecule has 2 aromatic rings. The number of nitrogens with one attached hydrogen (secondary N) is 1. The summed E-state index contributed by atoms with van der Waals surface area (Å²) in [7, 11) is 1.79. The van der Waals surface area contributed by atoms with Crippen molar-refractivity contribution < 1.29 is 9.21 Å². The minimum absolute atomic E-state index is 0.142. The summed E-state index contributed by atoms with van der Waals surface area (Å²) in [5, 5.41) is 14.7. The highest BCUT2D eigenvalue weighted by Gasteiger charge is 2.22. The number of hydrogen-bond acceptors (Lipinski definition) is 5. The first-order valence-electron chi connectivity index (χ1n) is 7.29. The summed E-state index contributed by atoms with van der Waals surface area (Å²) >= 11 is 0. The summed E-state index contributed by atoms with van der Waals surface area (Å²) in [6.07, 6.45) is 5.82. The van der Waals surface area contributed by atoms with Gasteiger partial charge in [0.1, 0.15) is 0 Å². The van der Waals surface area contributed by atoms with Gasteiger partial charge in [0, 0.05) is 18.7 Å². The first-order chi connectivity index (χ1) is 10.1. The Hall–Kier alpha value is -2.18. The summed E-state index contributed by atoms with van der Waals surface area (Å²) in [6.45, 7) is 1.89. The van der Waals surface area contributed by atoms with Gasteiger partial charge in [-0.1, -0.05) is 24.4 Å². The minimum Gasteiger partial charge on any atom is -0.408 e. The van der Waals surface area contributed by atoms with Gasteiger partial charge in [0.2, 0.25) is 5.89 Å². The van der Waals surface area contributed by atoms with Crippen LogP contribution in [0.2, 0.25) is 0 Å². The Morgan fingerprint density at radius 3 is 2.76 bits per heavy atom. The summed E-state index contributed by atoms with van der Waals surface area (Å²) in [5.41, 5.74) is 1.25. The molecule has 1 fully saturated rings. The molecule has 0 spiro atoms. The highest BCUT2D eigenvalue weighted by Crippen LogP contribution is 2.32. The minimum atomic E-state index is -0.336. The fourth-order valence-electron chi connectivity index (χ4n) is 2.63. The first-order valence-corrected chi connectivity index (χ1v) is 7.29. The van der Waals surface area contributed by atoms with Crippen LogP contribution in [-0.2, 0) is 7.05 Å². The second kappa shape index (κ2) is 5.67. The van der Waals surface area contributed by atoms with E-state index in [9.17, 15) is 4.79 Å². The third-order valence-electron chi connectivity index (χ3n) is 3.96. The average Bonchev–Trinajstić information content (AvgIpc) is 3.08. The lowest BCUT2D eigenvalue weighted by Crippen LogP contribution is -2.13. The van der Waals surface area contributed by atoms with Crippen LogP contribution in [-0.4, -0.2) is 25.9 Å². The van der Waals surface area contributed by atoms with Crippen molar-refractivity contribution in [3.63, 3.8) is 0 Å². The van der Waals surface area contributed by atoms with Crippen molar-refractivity contribution in [3.05, 3.63) is 23.3 Å². The molecule has 0 bridgehead atoms. The number of carbonyl (C=O) groups excluding carboxylic acids is 1. The SMILES string of the molecule is Cc1cc(C(=O)Nc2nnc(C3CCCCC3)o2)nn1C. The molecule has 2 aromatic heterocycles. The van der Waals surface area contributed by atoms with Crippen LogP contribution >= 0.6 is 0 Å². The van der Waals surface area contributed by atoms with Crippen molar-refractivity contribution >= 4 is 11.9 Å². The number of amides is 1. The monoisotopic (exact) mass is 289 g/mol. The van der Waals surface area contributed by atoms with Gasteiger partial charge in [-0.15, -0.1) is 5.10 Å². The first kappa shape index (κ1) is 13.8. The molecule has 0 atom stereocenters. The number of hydrogen-bond donors (Lipinski definition) is 1. The van der Waals surface area contributed by atoms with E-state index in [1.807, 2.05) is 6.92 Å². The topological polar surface area (TPSA) is 85.8 Å². The number of rotatable bonds is 3. The predicted molar refractivity (Wildman–Crippen MR) is 76.0 cm³/mol. The number of aryl methyl sites for hydroxylation is 2. The summed E-state index contributed by atoms with van der Waals surface area (Å²) in [5.74, 6) is 0.619. The van der Waals surface area contributed by atoms with Crippen molar-refractivity contribution in [1.82, 2.24) is 20.0 Å². The molecule has 0 aliphatic heterocycles. The molecule has 2 heterocycles. The van der Waals surface area contributed by atoms with Gasteiger partial charge < -0.3 is 4.42 Å². The van der Waals surface area contributed by atoms with E-state index in [-0.39, 0.29) is 11.9 Å². The molecule has 7 nitrogen and oxygen atoms in total. The lowest BCUT2D eigenvalue weighted by molar-refractivity contribution is 0.101. The van der Waals surface area contributed by atoms with Gasteiger partial charge >= 0.3 is 6.01 Å². The fraction of sp³-hybridized carbons (Fsp3) is 0.571. The molecule has 1 amide bonds. The van der Waals surface area contributed by atoms with Crippen molar-refractivity contribution in [2.45, 2.75) is 44.9 Å². The van der Waals surface area contributed by atoms with E-state index in [0.717, 1.165) is 18.5 Å². The number of carbonyl (C=O) groups is 1. The quantitative estimate of drug-likeness (QED) is 0.937. The zero-order valence-electron chi connectivity index (χ0n) is 12.3. The number of aromatic nitrogens is 4. The normalized spacial score (nSPS) is 16.1. The number of nitrogens with zero attached hydrogens (tertiary/aromatic N) is 4. The fourth-order valence-corrected chi connectivity index (χ4v) is 2.63. The molecule has 1 aliphatic rings. The smallest absolute Gasteiger partial charge is 0.322 e. The summed E-state index contributed by atoms with van der Waals surface area (Å²) in [4.78, 5) is 12.1. The van der Waals surface area contributed by atoms with Gasteiger partial charge in [0.25, 0.3) is 5.91 Å². The largest absolute Gasteiger partial charge is 0.408 e. The van der Waals surface area contributed by atoms with Gasteiger partial charge in [-0.3, -0.25) is 14.8 Å². The third-order valence-corrected chi connectivity index (χ3v) is 3.96. The second-order valence-corrected chi connectivity index (χ2v) is 5.53. The molecule has 1 aliphatic carbocycles. The zero-order chi connectivity index (χ0) is 14.8. The molecular weight excluding hydrogens is 270 g/mol. The van der Waals surface area contributed by atoms with Crippen LogP contribution in [0.5, 0.6) is 0 Å². The zero-order valence-corrected chi connectivity index (χ0v) is 12.3. The van der Waals surface area contributed by atoms with Gasteiger partial charge in [0.15, 0.2) is 5.69 Å². The van der Waals surface area contributed by atoms with Crippen LogP contribution in [0.4, 0.5) is 6.01 Å². The Balaban J connectivity index is 1.67. The average molecular weight is 289 g/mol. The maximum atomic E-state index is 12.1. The molecule has 0 unspecified atom stereocenters. The summed E-state index contributed by atoms with van der Waals surface area (Å²) < 4.78 is 7.21. The standard InChI is InChI=1S/C14H19N5O2/c1-9-8-11(18-19(9)2)12(20)15-14-17-16-13(21-14)10-6-4-3-5-7-10/h8,10H,3-7H2,1-2H3,(H,15,17,20). The lowest BCUT2D eigenvalue weighted by atomic mass is 9.89. The van der Waals surface area contributed by atoms with E-state index in [1.165, 1.54) is 19.3 Å². The highest BCUT2D eigenvalue weighted by atomic mass is 16.4. The van der Waals surface area contributed by atoms with Crippen molar-refractivity contribution in [1.29, 1.82) is 0 Å². The van der Waals surface area contributed by atoms with Crippen molar-refractivity contribution in [3.8, 4) is 0 Å². The maximum Gasteiger partial charge on any atom is 0.322 e. The Labute approximate surface area is 122 Å². The van der Waals surface area contributed by atoms with Crippen LogP contribution in [0, 0.1) is 6.92 Å². The number of anilines is 1. The van der Waals surface area contributed by atoms with Crippen LogP contribution in [0.1, 0.15) is 60.1 Å². The van der Waals surface area contributed by atoms with Crippen LogP contribution in [0.25, 0.3) is 0 Å². The van der Waals surface area contributed by atoms with Gasteiger partial charge in [-0.05, 0) is 25.8 Å². The molecule has 1 saturated carbocycles. The van der Waals surface area contributed by atoms with Crippen molar-refractivity contribution in [2.75, 3.05) is 5.32 Å². The van der Waals surface area contributed by atoms with Gasteiger partial charge in [-0.25, -0.2) is 0 Å². The Morgan fingerprint density at radius 1 is 1.33 bits per heavy atom. The molecule has 3 rings (SSSR count). The van der Waals surface area contributed by atoms with E-state index in [4.69, 9.17) is 4.42 Å². The molecule has 0 aromatic carbocycles. The Bertz CT molecular complexity index is 620. The second-order valence-electron chi connectivity index (χ2n) is 5.53. The van der Waals surface area contributed by atoms with E-state index < -0.39 is 0 Å². The molecule has 1 N–H and O–H groups in total. The molecule has 112 valence electrons. The Morgan fingerprint density at radius 2 is 2.10 bits per heavy atom. The van der Waals surface area contributed by atoms with E-state index in [0.29, 0.717) is 17.5 Å². The van der Waals surface area contributed by atoms with Crippen LogP contribution in [0.3, 0.4) is 0 Å². The third kappa shape index (κ3) is 2.96. The highest BCUT2D eigenvalue weighted by molar-refractivity contribution is 6.01. The molecule has 0 radical (unpaired) electrons. The maximum absolute atomic E-state index is 12.1. The van der Waals surface area contributed by atoms with E-state index in [2.05, 4.69) is 20.6 Å². The molecule has 21 heavy (non-hydrogen) atoms. The lowest BCUT2D eigenvalue weighted by Gasteiger charge is -2.17. The predicted octanol–water partition coefficient (Wildman–Crippen LogP) is 2.41. The van der Waals surface area contributed by atoms with E-state index >= 15 is 0 Å². The van der Waals surface area contributed by atoms with Gasteiger partial charge in [0.05, 0.1) is 0 Å².